The highest BCUT2D eigenvalue weighted by Gasteiger charge is 2.36. The molecule has 3 rings (SSSR count). The Morgan fingerprint density at radius 1 is 1.32 bits per heavy atom. The van der Waals surface area contributed by atoms with E-state index in [0.29, 0.717) is 6.54 Å². The zero-order valence-corrected chi connectivity index (χ0v) is 13.3. The van der Waals surface area contributed by atoms with Crippen LogP contribution in [0.25, 0.3) is 0 Å². The van der Waals surface area contributed by atoms with E-state index in [4.69, 9.17) is 5.73 Å². The molecule has 1 fully saturated rings. The standard InChI is InChI=1S/C16H21N3O2.ClH/c17-10-11-5-3-4-8-19(11)16(21)13-9-15(20)18-14-7-2-1-6-12(13)14;/h1-2,6-7,11,13H,3-5,8-10,17H2,(H,18,20);1H. The Kier molecular flexibility index (Phi) is 5.42. The summed E-state index contributed by atoms with van der Waals surface area (Å²) in [7, 11) is 0. The number of amides is 2. The summed E-state index contributed by atoms with van der Waals surface area (Å²) >= 11 is 0. The summed E-state index contributed by atoms with van der Waals surface area (Å²) in [5, 5.41) is 2.84. The molecule has 6 heteroatoms. The van der Waals surface area contributed by atoms with Crippen molar-refractivity contribution >= 4 is 29.9 Å². The molecule has 2 atom stereocenters. The monoisotopic (exact) mass is 323 g/mol. The quantitative estimate of drug-likeness (QED) is 0.872. The molecule has 2 aliphatic heterocycles. The number of benzene rings is 1. The molecule has 22 heavy (non-hydrogen) atoms. The molecule has 0 aromatic heterocycles. The molecule has 5 nitrogen and oxygen atoms in total. The van der Waals surface area contributed by atoms with Crippen LogP contribution >= 0.6 is 12.4 Å². The van der Waals surface area contributed by atoms with Gasteiger partial charge in [0.1, 0.15) is 0 Å². The van der Waals surface area contributed by atoms with Crippen LogP contribution in [0.3, 0.4) is 0 Å². The van der Waals surface area contributed by atoms with Gasteiger partial charge in [-0.05, 0) is 30.9 Å². The van der Waals surface area contributed by atoms with E-state index in [9.17, 15) is 9.59 Å². The predicted molar refractivity (Wildman–Crippen MR) is 88.1 cm³/mol. The SMILES string of the molecule is Cl.NCC1CCCCN1C(=O)C1CC(=O)Nc2ccccc21. The minimum absolute atomic E-state index is 0. The molecule has 0 aliphatic carbocycles. The number of nitrogens with two attached hydrogens (primary N) is 1. The maximum absolute atomic E-state index is 12.9. The number of piperidine rings is 1. The van der Waals surface area contributed by atoms with E-state index in [1.54, 1.807) is 0 Å². The van der Waals surface area contributed by atoms with E-state index in [1.807, 2.05) is 29.2 Å². The van der Waals surface area contributed by atoms with Crippen molar-refractivity contribution in [2.75, 3.05) is 18.4 Å². The molecule has 2 heterocycles. The van der Waals surface area contributed by atoms with Crippen LogP contribution in [-0.4, -0.2) is 35.8 Å². The summed E-state index contributed by atoms with van der Waals surface area (Å²) in [6.45, 7) is 1.24. The molecule has 0 bridgehead atoms. The highest BCUT2D eigenvalue weighted by Crippen LogP contribution is 2.34. The topological polar surface area (TPSA) is 75.4 Å². The van der Waals surface area contributed by atoms with Crippen LogP contribution in [0.4, 0.5) is 5.69 Å². The lowest BCUT2D eigenvalue weighted by Crippen LogP contribution is -2.50. The number of carbonyl (C=O) groups is 2. The summed E-state index contributed by atoms with van der Waals surface area (Å²) in [4.78, 5) is 26.7. The molecule has 120 valence electrons. The van der Waals surface area contributed by atoms with Crippen LogP contribution in [0.15, 0.2) is 24.3 Å². The highest BCUT2D eigenvalue weighted by molar-refractivity contribution is 6.01. The van der Waals surface area contributed by atoms with Gasteiger partial charge in [-0.3, -0.25) is 9.59 Å². The second-order valence-electron chi connectivity index (χ2n) is 5.81. The molecule has 1 aromatic carbocycles. The summed E-state index contributed by atoms with van der Waals surface area (Å²) in [6.07, 6.45) is 3.32. The Balaban J connectivity index is 0.00000176. The molecule has 0 saturated carbocycles. The number of hydrogen-bond acceptors (Lipinski definition) is 3. The number of para-hydroxylation sites is 1. The maximum Gasteiger partial charge on any atom is 0.231 e. The minimum atomic E-state index is -0.373. The molecule has 2 aliphatic rings. The van der Waals surface area contributed by atoms with Crippen LogP contribution in [0.1, 0.15) is 37.2 Å². The van der Waals surface area contributed by atoms with Crippen LogP contribution in [0.2, 0.25) is 0 Å². The molecule has 0 spiro atoms. The van der Waals surface area contributed by atoms with Crippen LogP contribution in [-0.2, 0) is 9.59 Å². The van der Waals surface area contributed by atoms with Crippen molar-refractivity contribution in [2.45, 2.75) is 37.6 Å². The summed E-state index contributed by atoms with van der Waals surface area (Å²) in [5.41, 5.74) is 7.49. The Bertz CT molecular complexity index is 564. The fourth-order valence-corrected chi connectivity index (χ4v) is 3.37. The van der Waals surface area contributed by atoms with Gasteiger partial charge in [-0.1, -0.05) is 18.2 Å². The van der Waals surface area contributed by atoms with Gasteiger partial charge in [0.15, 0.2) is 0 Å². The number of carbonyl (C=O) groups excluding carboxylic acids is 2. The van der Waals surface area contributed by atoms with E-state index in [2.05, 4.69) is 5.32 Å². The van der Waals surface area contributed by atoms with E-state index < -0.39 is 0 Å². The van der Waals surface area contributed by atoms with Gasteiger partial charge in [0.2, 0.25) is 11.8 Å². The average Bonchev–Trinajstić information content (AvgIpc) is 2.53. The van der Waals surface area contributed by atoms with Gasteiger partial charge in [-0.25, -0.2) is 0 Å². The van der Waals surface area contributed by atoms with Crippen LogP contribution < -0.4 is 11.1 Å². The molecular formula is C16H22ClN3O2. The van der Waals surface area contributed by atoms with E-state index in [1.165, 1.54) is 0 Å². The van der Waals surface area contributed by atoms with Crippen molar-refractivity contribution in [3.8, 4) is 0 Å². The number of halogens is 1. The Morgan fingerprint density at radius 3 is 2.86 bits per heavy atom. The van der Waals surface area contributed by atoms with Gasteiger partial charge < -0.3 is 16.0 Å². The Morgan fingerprint density at radius 2 is 2.09 bits per heavy atom. The van der Waals surface area contributed by atoms with Gasteiger partial charge in [0.25, 0.3) is 0 Å². The molecule has 3 N–H and O–H groups in total. The minimum Gasteiger partial charge on any atom is -0.338 e. The average molecular weight is 324 g/mol. The van der Waals surface area contributed by atoms with Crippen molar-refractivity contribution in [1.29, 1.82) is 0 Å². The van der Waals surface area contributed by atoms with Gasteiger partial charge in [0.05, 0.1) is 5.92 Å². The predicted octanol–water partition coefficient (Wildman–Crippen LogP) is 1.87. The van der Waals surface area contributed by atoms with Crippen molar-refractivity contribution in [2.24, 2.45) is 5.73 Å². The molecule has 1 aromatic rings. The number of nitrogens with one attached hydrogen (secondary N) is 1. The largest absolute Gasteiger partial charge is 0.338 e. The first-order valence-corrected chi connectivity index (χ1v) is 7.60. The Hall–Kier alpha value is -1.59. The first-order chi connectivity index (χ1) is 10.2. The maximum atomic E-state index is 12.9. The van der Waals surface area contributed by atoms with Crippen molar-refractivity contribution in [1.82, 2.24) is 4.90 Å². The number of likely N-dealkylation sites (tertiary alicyclic amines) is 1. The third-order valence-electron chi connectivity index (χ3n) is 4.48. The van der Waals surface area contributed by atoms with Gasteiger partial charge >= 0.3 is 0 Å². The number of anilines is 1. The lowest BCUT2D eigenvalue weighted by atomic mass is 9.88. The fraction of sp³-hybridized carbons (Fsp3) is 0.500. The summed E-state index contributed by atoms with van der Waals surface area (Å²) < 4.78 is 0. The number of rotatable bonds is 2. The molecular weight excluding hydrogens is 302 g/mol. The Labute approximate surface area is 136 Å². The summed E-state index contributed by atoms with van der Waals surface area (Å²) in [5.74, 6) is -0.414. The second kappa shape index (κ2) is 7.11. The third-order valence-corrected chi connectivity index (χ3v) is 4.48. The van der Waals surface area contributed by atoms with Crippen LogP contribution in [0, 0.1) is 0 Å². The first-order valence-electron chi connectivity index (χ1n) is 7.60. The van der Waals surface area contributed by atoms with Gasteiger partial charge in [-0.15, -0.1) is 12.4 Å². The van der Waals surface area contributed by atoms with Gasteiger partial charge in [0, 0.05) is 31.2 Å². The van der Waals surface area contributed by atoms with Crippen molar-refractivity contribution < 1.29 is 9.59 Å². The lowest BCUT2D eigenvalue weighted by molar-refractivity contribution is -0.138. The molecule has 2 amide bonds. The second-order valence-corrected chi connectivity index (χ2v) is 5.81. The number of nitrogens with zero attached hydrogens (tertiary/aromatic N) is 1. The highest BCUT2D eigenvalue weighted by atomic mass is 35.5. The third kappa shape index (κ3) is 3.10. The first kappa shape index (κ1) is 16.8. The van der Waals surface area contributed by atoms with Crippen molar-refractivity contribution in [3.63, 3.8) is 0 Å². The van der Waals surface area contributed by atoms with Crippen LogP contribution in [0.5, 0.6) is 0 Å². The zero-order chi connectivity index (χ0) is 14.8. The lowest BCUT2D eigenvalue weighted by Gasteiger charge is -2.38. The van der Waals surface area contributed by atoms with E-state index in [-0.39, 0.29) is 42.6 Å². The summed E-state index contributed by atoms with van der Waals surface area (Å²) in [6, 6.07) is 7.67. The fourth-order valence-electron chi connectivity index (χ4n) is 3.37. The van der Waals surface area contributed by atoms with Gasteiger partial charge in [-0.2, -0.15) is 0 Å². The number of hydrogen-bond donors (Lipinski definition) is 2. The molecule has 2 unspecified atom stereocenters. The number of fused-ring (bicyclic) bond motifs is 1. The normalized spacial score (nSPS) is 24.0. The molecule has 0 radical (unpaired) electrons. The van der Waals surface area contributed by atoms with E-state index in [0.717, 1.165) is 37.1 Å². The van der Waals surface area contributed by atoms with Crippen molar-refractivity contribution in [3.05, 3.63) is 29.8 Å². The van der Waals surface area contributed by atoms with E-state index >= 15 is 0 Å². The molecule has 1 saturated heterocycles. The zero-order valence-electron chi connectivity index (χ0n) is 12.5. The smallest absolute Gasteiger partial charge is 0.231 e.